The van der Waals surface area contributed by atoms with Crippen molar-refractivity contribution >= 4 is 27.6 Å². The van der Waals surface area contributed by atoms with E-state index in [0.29, 0.717) is 6.42 Å². The molecule has 0 aromatic heterocycles. The third-order valence-corrected chi connectivity index (χ3v) is 6.86. The van der Waals surface area contributed by atoms with Gasteiger partial charge in [0, 0.05) is 12.7 Å². The number of hydrogen-bond acceptors (Lipinski definition) is 5. The van der Waals surface area contributed by atoms with Crippen molar-refractivity contribution in [2.24, 2.45) is 0 Å². The molecule has 8 heteroatoms. The van der Waals surface area contributed by atoms with Gasteiger partial charge in [0.1, 0.15) is 0 Å². The maximum absolute atomic E-state index is 12.7. The van der Waals surface area contributed by atoms with Crippen molar-refractivity contribution in [3.05, 3.63) is 65.2 Å². The van der Waals surface area contributed by atoms with Crippen molar-refractivity contribution in [3.8, 4) is 0 Å². The van der Waals surface area contributed by atoms with Gasteiger partial charge in [0.25, 0.3) is 5.91 Å². The van der Waals surface area contributed by atoms with Crippen LogP contribution in [0, 0.1) is 0 Å². The lowest BCUT2D eigenvalue weighted by Crippen LogP contribution is -2.36. The Morgan fingerprint density at radius 1 is 1.16 bits per heavy atom. The number of likely N-dealkylation sites (N-methyl/N-ethyl adjacent to an activating group) is 1. The number of amides is 1. The molecule has 3 rings (SSSR count). The van der Waals surface area contributed by atoms with Gasteiger partial charge in [0.05, 0.1) is 17.4 Å². The van der Waals surface area contributed by atoms with Gasteiger partial charge in [0.2, 0.25) is 10.0 Å². The highest BCUT2D eigenvalue weighted by Crippen LogP contribution is 2.33. The Balaban J connectivity index is 1.61. The summed E-state index contributed by atoms with van der Waals surface area (Å²) in [5, 5.41) is 0. The maximum atomic E-state index is 12.7. The first-order valence-corrected chi connectivity index (χ1v) is 12.1. The Morgan fingerprint density at radius 2 is 1.94 bits per heavy atom. The number of nitrogens with zero attached hydrogens (tertiary/aromatic N) is 1. The second-order valence-electron chi connectivity index (χ2n) is 7.69. The molecule has 0 spiro atoms. The fourth-order valence-corrected chi connectivity index (χ4v) is 4.95. The number of fused-ring (bicyclic) bond motifs is 1. The molecule has 1 N–H and O–H groups in total. The van der Waals surface area contributed by atoms with Crippen molar-refractivity contribution in [2.45, 2.75) is 38.6 Å². The number of aryl methyl sites for hydroxylation is 1. The van der Waals surface area contributed by atoms with Crippen LogP contribution in [0.3, 0.4) is 0 Å². The third-order valence-electron chi connectivity index (χ3n) is 5.37. The van der Waals surface area contributed by atoms with Crippen molar-refractivity contribution in [1.29, 1.82) is 0 Å². The van der Waals surface area contributed by atoms with Crippen molar-refractivity contribution in [1.82, 2.24) is 4.90 Å². The molecule has 1 amide bonds. The predicted molar refractivity (Wildman–Crippen MR) is 119 cm³/mol. The van der Waals surface area contributed by atoms with Crippen LogP contribution in [0.1, 0.15) is 53.7 Å². The molecule has 2 aromatic rings. The highest BCUT2D eigenvalue weighted by Gasteiger charge is 2.27. The largest absolute Gasteiger partial charge is 0.452 e. The van der Waals surface area contributed by atoms with Crippen LogP contribution in [0.15, 0.2) is 48.5 Å². The maximum Gasteiger partial charge on any atom is 0.338 e. The third kappa shape index (κ3) is 5.85. The normalized spacial score (nSPS) is 15.6. The topological polar surface area (TPSA) is 92.8 Å². The molecular weight excluding hydrogens is 416 g/mol. The Morgan fingerprint density at radius 3 is 2.71 bits per heavy atom. The minimum absolute atomic E-state index is 0.00714. The van der Waals surface area contributed by atoms with Crippen molar-refractivity contribution < 1.29 is 22.7 Å². The van der Waals surface area contributed by atoms with Gasteiger partial charge in [-0.1, -0.05) is 37.3 Å². The first-order valence-electron chi connectivity index (χ1n) is 10.4. The smallest absolute Gasteiger partial charge is 0.338 e. The molecule has 0 fully saturated rings. The van der Waals surface area contributed by atoms with Crippen LogP contribution in [0.4, 0.5) is 5.69 Å². The molecule has 7 nitrogen and oxygen atoms in total. The lowest BCUT2D eigenvalue weighted by molar-refractivity contribution is -0.135. The van der Waals surface area contributed by atoms with E-state index in [1.807, 2.05) is 18.2 Å². The lowest BCUT2D eigenvalue weighted by Gasteiger charge is -2.33. The van der Waals surface area contributed by atoms with Gasteiger partial charge >= 0.3 is 5.97 Å². The van der Waals surface area contributed by atoms with Gasteiger partial charge in [0.15, 0.2) is 6.61 Å². The lowest BCUT2D eigenvalue weighted by atomic mass is 9.87. The van der Waals surface area contributed by atoms with Crippen LogP contribution in [-0.4, -0.2) is 44.6 Å². The monoisotopic (exact) mass is 444 g/mol. The van der Waals surface area contributed by atoms with Gasteiger partial charge in [-0.15, -0.1) is 0 Å². The van der Waals surface area contributed by atoms with E-state index in [4.69, 9.17) is 4.74 Å². The van der Waals surface area contributed by atoms with Crippen molar-refractivity contribution in [3.63, 3.8) is 0 Å². The Bertz CT molecular complexity index is 1050. The molecule has 0 radical (unpaired) electrons. The molecule has 0 saturated heterocycles. The van der Waals surface area contributed by atoms with Crippen LogP contribution in [0.2, 0.25) is 0 Å². The quantitative estimate of drug-likeness (QED) is 0.629. The van der Waals surface area contributed by atoms with Gasteiger partial charge < -0.3 is 9.64 Å². The summed E-state index contributed by atoms with van der Waals surface area (Å²) in [7, 11) is -1.74. The number of rotatable bonds is 8. The van der Waals surface area contributed by atoms with E-state index in [2.05, 4.69) is 10.8 Å². The second kappa shape index (κ2) is 9.96. The number of carbonyl (C=O) groups is 2. The van der Waals surface area contributed by atoms with Crippen LogP contribution >= 0.6 is 0 Å². The van der Waals surface area contributed by atoms with E-state index >= 15 is 0 Å². The number of ether oxygens (including phenoxy) is 1. The van der Waals surface area contributed by atoms with Gasteiger partial charge in [-0.3, -0.25) is 9.52 Å². The van der Waals surface area contributed by atoms with Gasteiger partial charge in [-0.2, -0.15) is 0 Å². The van der Waals surface area contributed by atoms with Crippen molar-refractivity contribution in [2.75, 3.05) is 24.1 Å². The number of sulfonamides is 1. The van der Waals surface area contributed by atoms with Gasteiger partial charge in [-0.05, 0) is 55.0 Å². The highest BCUT2D eigenvalue weighted by molar-refractivity contribution is 7.92. The van der Waals surface area contributed by atoms with E-state index in [1.165, 1.54) is 17.7 Å². The summed E-state index contributed by atoms with van der Waals surface area (Å²) in [5.74, 6) is -0.968. The summed E-state index contributed by atoms with van der Waals surface area (Å²) < 4.78 is 31.5. The van der Waals surface area contributed by atoms with E-state index in [9.17, 15) is 18.0 Å². The molecular formula is C23H28N2O5S. The fourth-order valence-electron chi connectivity index (χ4n) is 3.83. The van der Waals surface area contributed by atoms with Gasteiger partial charge in [-0.25, -0.2) is 13.2 Å². The number of nitrogens with one attached hydrogen (secondary N) is 1. The molecule has 31 heavy (non-hydrogen) atoms. The summed E-state index contributed by atoms with van der Waals surface area (Å²) in [5.41, 5.74) is 2.85. The molecule has 2 aromatic carbocycles. The fraction of sp³-hybridized carbons (Fsp3) is 0.391. The zero-order valence-corrected chi connectivity index (χ0v) is 18.7. The number of carbonyl (C=O) groups excluding carboxylic acids is 2. The van der Waals surface area contributed by atoms with Crippen LogP contribution < -0.4 is 4.72 Å². The van der Waals surface area contributed by atoms with Crippen LogP contribution in [0.5, 0.6) is 0 Å². The molecule has 0 aliphatic heterocycles. The molecule has 0 saturated carbocycles. The zero-order valence-electron chi connectivity index (χ0n) is 17.8. The number of benzene rings is 2. The minimum Gasteiger partial charge on any atom is -0.452 e. The molecule has 1 atom stereocenters. The molecule has 0 heterocycles. The average Bonchev–Trinajstić information content (AvgIpc) is 2.76. The molecule has 0 bridgehead atoms. The number of anilines is 1. The Labute approximate surface area is 183 Å². The van der Waals surface area contributed by atoms with E-state index in [1.54, 1.807) is 31.0 Å². The standard InChI is InChI=1S/C23H28N2O5S/c1-3-14-31(28,29)24-19-11-6-10-18(15-19)23(27)30-16-22(26)25(2)21-13-7-9-17-8-4-5-12-20(17)21/h4-6,8,10-12,15,21,24H,3,7,9,13-14,16H2,1-2H3. The number of esters is 1. The number of hydrogen-bond donors (Lipinski definition) is 1. The first kappa shape index (κ1) is 22.8. The Kier molecular flexibility index (Phi) is 7.33. The molecule has 166 valence electrons. The Hall–Kier alpha value is -2.87. The molecule has 1 aliphatic carbocycles. The molecule has 1 unspecified atom stereocenters. The van der Waals surface area contributed by atoms with E-state index < -0.39 is 16.0 Å². The average molecular weight is 445 g/mol. The predicted octanol–water partition coefficient (Wildman–Crippen LogP) is 3.53. The van der Waals surface area contributed by atoms with Crippen LogP contribution in [-0.2, 0) is 26.0 Å². The summed E-state index contributed by atoms with van der Waals surface area (Å²) in [6.45, 7) is 1.40. The van der Waals surface area contributed by atoms with E-state index in [0.717, 1.165) is 24.8 Å². The zero-order chi connectivity index (χ0) is 22.4. The van der Waals surface area contributed by atoms with Crippen LogP contribution in [0.25, 0.3) is 0 Å². The minimum atomic E-state index is -3.46. The molecule has 1 aliphatic rings. The summed E-state index contributed by atoms with van der Waals surface area (Å²) >= 11 is 0. The highest BCUT2D eigenvalue weighted by atomic mass is 32.2. The summed E-state index contributed by atoms with van der Waals surface area (Å²) in [6, 6.07) is 14.1. The SMILES string of the molecule is CCCS(=O)(=O)Nc1cccc(C(=O)OCC(=O)N(C)C2CCCc3ccccc32)c1. The summed E-state index contributed by atoms with van der Waals surface area (Å²) in [4.78, 5) is 26.7. The first-order chi connectivity index (χ1) is 14.8. The second-order valence-corrected chi connectivity index (χ2v) is 9.53. The summed E-state index contributed by atoms with van der Waals surface area (Å²) in [6.07, 6.45) is 3.35. The van der Waals surface area contributed by atoms with E-state index in [-0.39, 0.29) is 35.6 Å².